The third kappa shape index (κ3) is 16.6. The summed E-state index contributed by atoms with van der Waals surface area (Å²) >= 11 is 3.58. The predicted molar refractivity (Wildman–Crippen MR) is 328 cm³/mol. The molecule has 4 N–H and O–H groups in total. The molecule has 0 bridgehead atoms. The second-order valence-electron chi connectivity index (χ2n) is 23.0. The number of carbonyl (C=O) groups is 2. The number of aryl methyl sites for hydroxylation is 4. The van der Waals surface area contributed by atoms with E-state index >= 15 is 0 Å². The molecule has 3 aliphatic rings. The Morgan fingerprint density at radius 2 is 1.03 bits per heavy atom. The molecule has 88 heavy (non-hydrogen) atoms. The number of aromatic amines is 2. The van der Waals surface area contributed by atoms with Gasteiger partial charge in [-0.05, 0) is 167 Å². The number of benzene rings is 2. The second-order valence-corrected chi connectivity index (χ2v) is 23.9. The highest BCUT2D eigenvalue weighted by Crippen LogP contribution is 2.38. The highest BCUT2D eigenvalue weighted by molar-refractivity contribution is 9.10. The summed E-state index contributed by atoms with van der Waals surface area (Å²) < 4.78 is 99.6. The van der Waals surface area contributed by atoms with E-state index in [4.69, 9.17) is 18.8 Å². The van der Waals surface area contributed by atoms with Gasteiger partial charge in [0.1, 0.15) is 0 Å². The topological polar surface area (TPSA) is 219 Å². The van der Waals surface area contributed by atoms with E-state index in [1.54, 1.807) is 13.0 Å². The van der Waals surface area contributed by atoms with Gasteiger partial charge >= 0.3 is 19.5 Å². The van der Waals surface area contributed by atoms with Crippen molar-refractivity contribution in [1.29, 1.82) is 0 Å². The number of pyridine rings is 2. The van der Waals surface area contributed by atoms with E-state index < -0.39 is 48.0 Å². The molecule has 3 aliphatic heterocycles. The van der Waals surface area contributed by atoms with Crippen molar-refractivity contribution in [3.63, 3.8) is 0 Å². The van der Waals surface area contributed by atoms with Crippen LogP contribution in [-0.2, 0) is 44.2 Å². The van der Waals surface area contributed by atoms with Gasteiger partial charge in [-0.1, -0.05) is 15.9 Å². The number of alkyl halides is 6. The summed E-state index contributed by atoms with van der Waals surface area (Å²) in [5.41, 5.74) is 5.92. The number of aromatic nitrogens is 6. The number of halogens is 7. The molecule has 0 aliphatic carbocycles. The first-order valence-electron chi connectivity index (χ1n) is 29.1. The zero-order valence-corrected chi connectivity index (χ0v) is 53.2. The van der Waals surface area contributed by atoms with Gasteiger partial charge in [0.2, 0.25) is 0 Å². The number of rotatable bonds is 14. The van der Waals surface area contributed by atoms with Crippen LogP contribution in [0.3, 0.4) is 0 Å². The number of ether oxygens (including phenoxy) is 2. The minimum Gasteiger partial charge on any atom is -0.398 e. The van der Waals surface area contributed by atoms with Crippen LogP contribution in [0.15, 0.2) is 75.2 Å². The molecule has 0 spiro atoms. The summed E-state index contributed by atoms with van der Waals surface area (Å²) in [5.74, 6) is -0.588. The number of hydrogen-bond acceptors (Lipinski definition) is 14. The highest BCUT2D eigenvalue weighted by atomic mass is 79.9. The van der Waals surface area contributed by atoms with Crippen LogP contribution in [0.25, 0.3) is 11.3 Å². The SMILES string of the molecule is CC1(C)OB(c2cnc(C(F)(F)F)cn2)OC1(C)C.CCN(c1cc(-c2cnc(C(F)(F)F)cn2)cc(C(=O)NCc2c(C)cc(C)[nH]c2=O)c1C)C1CCOCC1.CCN(c1cc(Br)cc(C(=O)NCc2c(C)cc(C)[nH]c2=O)c1C)C1CCOCC1. The molecule has 3 saturated heterocycles. The van der Waals surface area contributed by atoms with E-state index in [1.807, 2.05) is 93.5 Å². The first kappa shape index (κ1) is 68.5. The van der Waals surface area contributed by atoms with Crippen molar-refractivity contribution >= 4 is 51.8 Å². The summed E-state index contributed by atoms with van der Waals surface area (Å²) in [6.45, 7) is 27.3. The van der Waals surface area contributed by atoms with E-state index in [-0.39, 0.29) is 47.4 Å². The number of hydrogen-bond donors (Lipinski definition) is 4. The van der Waals surface area contributed by atoms with Gasteiger partial charge in [-0.15, -0.1) is 0 Å². The van der Waals surface area contributed by atoms with Gasteiger partial charge in [-0.2, -0.15) is 26.3 Å². The maximum Gasteiger partial charge on any atom is 0.516 e. The Labute approximate surface area is 516 Å². The van der Waals surface area contributed by atoms with Crippen LogP contribution in [0.1, 0.15) is 144 Å². The van der Waals surface area contributed by atoms with Crippen molar-refractivity contribution in [1.82, 2.24) is 40.5 Å². The minimum absolute atomic E-state index is 0.0246. The normalized spacial score (nSPS) is 16.0. The Bertz CT molecular complexity index is 3540. The van der Waals surface area contributed by atoms with Gasteiger partial charge in [0.05, 0.1) is 41.1 Å². The van der Waals surface area contributed by atoms with Gasteiger partial charge in [0.15, 0.2) is 11.4 Å². The van der Waals surface area contributed by atoms with Crippen molar-refractivity contribution < 1.29 is 54.7 Å². The fourth-order valence-electron chi connectivity index (χ4n) is 10.7. The first-order chi connectivity index (χ1) is 41.3. The number of nitrogens with zero attached hydrogens (tertiary/aromatic N) is 6. The maximum atomic E-state index is 13.5. The number of carbonyl (C=O) groups excluding carboxylic acids is 2. The number of nitrogens with one attached hydrogen (secondary N) is 4. The molecule has 6 aromatic rings. The Kier molecular flexibility index (Phi) is 22.3. The van der Waals surface area contributed by atoms with Crippen LogP contribution in [-0.4, -0.2) is 112 Å². The lowest BCUT2D eigenvalue weighted by Crippen LogP contribution is -2.41. The molecule has 474 valence electrons. The van der Waals surface area contributed by atoms with Gasteiger partial charge in [0.25, 0.3) is 22.9 Å². The average molecular weight is 1290 g/mol. The molecule has 4 aromatic heterocycles. The van der Waals surface area contributed by atoms with Crippen LogP contribution < -0.4 is 37.1 Å². The lowest BCUT2D eigenvalue weighted by atomic mass is 9.85. The fraction of sp³-hybridized carbons (Fsp3) is 0.484. The molecule has 0 radical (unpaired) electrons. The Morgan fingerprint density at radius 3 is 1.42 bits per heavy atom. The molecule has 18 nitrogen and oxygen atoms in total. The molecular formula is C62H76BBrF6N10O8. The Hall–Kier alpha value is -7.00. The standard InChI is InChI=1S/C28H32F3N5O3.C23H30BrN3O3.C11H14BF3N2O2/c1-5-36(20-6-8-39-9-7-20)24-12-19(23-14-33-25(15-32-23)28(29,30)31)11-21(18(24)4)26(37)34-13-22-16(2)10-17(3)35-27(22)38;1-5-27(18-6-8-30-9-7-18)21-12-17(24)11-19(16(21)4)22(28)25-13-20-14(2)10-15(3)26-23(20)29;1-9(2)10(3,4)19-12(18-9)8-6-16-7(5-17-8)11(13,14)15/h10-12,14-15,20H,5-9,13H2,1-4H3,(H,34,37)(H,35,38);10-12,18H,5-9,13H2,1-4H3,(H,25,28)(H,26,29);5-6H,1-4H3. The lowest BCUT2D eigenvalue weighted by molar-refractivity contribution is -0.142. The van der Waals surface area contributed by atoms with Crippen molar-refractivity contribution in [2.75, 3.05) is 49.3 Å². The zero-order chi connectivity index (χ0) is 64.6. The molecule has 0 saturated carbocycles. The molecule has 9 rings (SSSR count). The Balaban J connectivity index is 0.000000200. The average Bonchev–Trinajstić information content (AvgIpc) is 2.42. The summed E-state index contributed by atoms with van der Waals surface area (Å²) in [4.78, 5) is 76.0. The van der Waals surface area contributed by atoms with E-state index in [0.717, 1.165) is 107 Å². The molecule has 2 aromatic carbocycles. The van der Waals surface area contributed by atoms with Gasteiger partial charge < -0.3 is 49.2 Å². The van der Waals surface area contributed by atoms with E-state index in [2.05, 4.69) is 79.3 Å². The summed E-state index contributed by atoms with van der Waals surface area (Å²) in [6, 6.07) is 11.7. The van der Waals surface area contributed by atoms with Crippen LogP contribution in [0.4, 0.5) is 37.7 Å². The summed E-state index contributed by atoms with van der Waals surface area (Å²) in [5, 5.41) is 5.78. The lowest BCUT2D eigenvalue weighted by Gasteiger charge is -2.37. The highest BCUT2D eigenvalue weighted by Gasteiger charge is 2.52. The molecule has 2 amide bonds. The quantitative estimate of drug-likeness (QED) is 0.0589. The molecule has 26 heteroatoms. The van der Waals surface area contributed by atoms with Crippen LogP contribution >= 0.6 is 15.9 Å². The van der Waals surface area contributed by atoms with Gasteiger partial charge in [-0.25, -0.2) is 9.97 Å². The van der Waals surface area contributed by atoms with E-state index in [9.17, 15) is 45.5 Å². The largest absolute Gasteiger partial charge is 0.516 e. The molecule has 0 unspecified atom stereocenters. The number of H-pyrrole nitrogens is 2. The first-order valence-corrected chi connectivity index (χ1v) is 29.9. The molecule has 3 fully saturated rings. The van der Waals surface area contributed by atoms with Crippen molar-refractivity contribution in [2.24, 2.45) is 0 Å². The smallest absolute Gasteiger partial charge is 0.398 e. The minimum atomic E-state index is -4.61. The van der Waals surface area contributed by atoms with Crippen molar-refractivity contribution in [2.45, 2.75) is 157 Å². The summed E-state index contributed by atoms with van der Waals surface area (Å²) in [7, 11) is -0.806. The third-order valence-corrected chi connectivity index (χ3v) is 16.8. The molecular weight excluding hydrogens is 1220 g/mol. The number of amides is 2. The fourth-order valence-corrected chi connectivity index (χ4v) is 11.2. The van der Waals surface area contributed by atoms with Crippen LogP contribution in [0, 0.1) is 41.5 Å². The predicted octanol–water partition coefficient (Wildman–Crippen LogP) is 10.5. The molecule has 7 heterocycles. The van der Waals surface area contributed by atoms with E-state index in [1.165, 1.54) is 0 Å². The van der Waals surface area contributed by atoms with Gasteiger partial charge in [0, 0.05) is 126 Å². The van der Waals surface area contributed by atoms with Crippen molar-refractivity contribution in [3.05, 3.63) is 154 Å². The van der Waals surface area contributed by atoms with Crippen LogP contribution in [0.2, 0.25) is 0 Å². The van der Waals surface area contributed by atoms with E-state index in [0.29, 0.717) is 66.0 Å². The molecule has 0 atom stereocenters. The van der Waals surface area contributed by atoms with Crippen molar-refractivity contribution in [3.8, 4) is 11.3 Å². The maximum absolute atomic E-state index is 13.5. The Morgan fingerprint density at radius 1 is 0.614 bits per heavy atom. The third-order valence-electron chi connectivity index (χ3n) is 16.3. The van der Waals surface area contributed by atoms with Gasteiger partial charge in [-0.3, -0.25) is 29.1 Å². The zero-order valence-electron chi connectivity index (χ0n) is 51.6. The monoisotopic (exact) mass is 1290 g/mol. The number of anilines is 2. The van der Waals surface area contributed by atoms with Crippen LogP contribution in [0.5, 0.6) is 0 Å². The second kappa shape index (κ2) is 28.7. The summed E-state index contributed by atoms with van der Waals surface area (Å²) in [6.07, 6.45) is -2.04.